The molecule has 0 saturated carbocycles. The summed E-state index contributed by atoms with van der Waals surface area (Å²) in [5, 5.41) is 5.98. The number of fused-ring (bicyclic) bond motifs is 1. The minimum absolute atomic E-state index is 0.120. The molecule has 0 aromatic heterocycles. The van der Waals surface area contributed by atoms with Crippen molar-refractivity contribution in [3.63, 3.8) is 0 Å². The monoisotopic (exact) mass is 303 g/mol. The molecule has 0 bridgehead atoms. The van der Waals surface area contributed by atoms with Crippen molar-refractivity contribution in [2.75, 3.05) is 11.5 Å². The van der Waals surface area contributed by atoms with Crippen molar-refractivity contribution in [2.45, 2.75) is 31.8 Å². The highest BCUT2D eigenvalue weighted by molar-refractivity contribution is 7.91. The second-order valence-corrected chi connectivity index (χ2v) is 8.52. The summed E-state index contributed by atoms with van der Waals surface area (Å²) in [4.78, 5) is 0. The standard InChI is InChI=1S/C17H21NO2S/c1-13(18-17(2)10-11-21(19,20)12-17)15-9-5-7-14-6-3-4-8-16(14)15/h3-9,13,18H,10-12H2,1-2H3. The Hall–Kier alpha value is -1.39. The molecule has 1 aliphatic rings. The zero-order valence-electron chi connectivity index (χ0n) is 12.5. The lowest BCUT2D eigenvalue weighted by Crippen LogP contribution is -2.44. The Morgan fingerprint density at radius 2 is 1.86 bits per heavy atom. The van der Waals surface area contributed by atoms with Crippen LogP contribution in [0.2, 0.25) is 0 Å². The van der Waals surface area contributed by atoms with Gasteiger partial charge in [0.25, 0.3) is 0 Å². The molecule has 0 aliphatic carbocycles. The van der Waals surface area contributed by atoms with Gasteiger partial charge in [-0.1, -0.05) is 42.5 Å². The lowest BCUT2D eigenvalue weighted by Gasteiger charge is -2.29. The van der Waals surface area contributed by atoms with Gasteiger partial charge in [0.1, 0.15) is 0 Å². The van der Waals surface area contributed by atoms with E-state index in [0.717, 1.165) is 0 Å². The van der Waals surface area contributed by atoms with Gasteiger partial charge >= 0.3 is 0 Å². The molecular formula is C17H21NO2S. The molecule has 1 N–H and O–H groups in total. The van der Waals surface area contributed by atoms with Gasteiger partial charge < -0.3 is 5.32 Å². The average Bonchev–Trinajstić information content (AvgIpc) is 2.71. The average molecular weight is 303 g/mol. The van der Waals surface area contributed by atoms with E-state index in [1.165, 1.54) is 16.3 Å². The fourth-order valence-corrected chi connectivity index (χ4v) is 5.46. The summed E-state index contributed by atoms with van der Waals surface area (Å²) in [6.07, 6.45) is 0.685. The van der Waals surface area contributed by atoms with Crippen LogP contribution in [-0.2, 0) is 9.84 Å². The number of nitrogens with one attached hydrogen (secondary N) is 1. The van der Waals surface area contributed by atoms with E-state index < -0.39 is 9.84 Å². The Morgan fingerprint density at radius 3 is 2.57 bits per heavy atom. The first-order valence-corrected chi connectivity index (χ1v) is 9.17. The van der Waals surface area contributed by atoms with Crippen molar-refractivity contribution >= 4 is 20.6 Å². The maximum Gasteiger partial charge on any atom is 0.152 e. The van der Waals surface area contributed by atoms with Crippen molar-refractivity contribution in [3.8, 4) is 0 Å². The second-order valence-electron chi connectivity index (χ2n) is 6.34. The Bertz CT molecular complexity index is 764. The molecule has 4 heteroatoms. The Labute approximate surface area is 126 Å². The van der Waals surface area contributed by atoms with Gasteiger partial charge in [-0.05, 0) is 36.6 Å². The first kappa shape index (κ1) is 14.5. The number of hydrogen-bond acceptors (Lipinski definition) is 3. The van der Waals surface area contributed by atoms with Gasteiger partial charge in [-0.2, -0.15) is 0 Å². The molecule has 1 saturated heterocycles. The fourth-order valence-electron chi connectivity index (χ4n) is 3.35. The summed E-state index contributed by atoms with van der Waals surface area (Å²) in [5.74, 6) is 0.522. The van der Waals surface area contributed by atoms with Crippen LogP contribution in [0.15, 0.2) is 42.5 Å². The third-order valence-electron chi connectivity index (χ3n) is 4.36. The van der Waals surface area contributed by atoms with Gasteiger partial charge in [-0.15, -0.1) is 0 Å². The van der Waals surface area contributed by atoms with Crippen LogP contribution in [0.1, 0.15) is 31.9 Å². The lowest BCUT2D eigenvalue weighted by atomic mass is 9.95. The van der Waals surface area contributed by atoms with E-state index in [-0.39, 0.29) is 17.3 Å². The highest BCUT2D eigenvalue weighted by atomic mass is 32.2. The molecule has 112 valence electrons. The molecule has 0 spiro atoms. The first-order valence-electron chi connectivity index (χ1n) is 7.34. The molecule has 1 heterocycles. The van der Waals surface area contributed by atoms with E-state index in [9.17, 15) is 8.42 Å². The van der Waals surface area contributed by atoms with E-state index in [1.807, 2.05) is 19.1 Å². The van der Waals surface area contributed by atoms with E-state index in [1.54, 1.807) is 0 Å². The summed E-state index contributed by atoms with van der Waals surface area (Å²) >= 11 is 0. The maximum absolute atomic E-state index is 11.7. The Morgan fingerprint density at radius 1 is 1.14 bits per heavy atom. The SMILES string of the molecule is CC(NC1(C)CCS(=O)(=O)C1)c1cccc2ccccc12. The van der Waals surface area contributed by atoms with Gasteiger partial charge in [-0.3, -0.25) is 0 Å². The second kappa shape index (κ2) is 5.11. The van der Waals surface area contributed by atoms with Crippen LogP contribution in [0.5, 0.6) is 0 Å². The number of hydrogen-bond donors (Lipinski definition) is 1. The van der Waals surface area contributed by atoms with Gasteiger partial charge in [0.2, 0.25) is 0 Å². The van der Waals surface area contributed by atoms with Crippen LogP contribution in [-0.4, -0.2) is 25.5 Å². The molecule has 3 nitrogen and oxygen atoms in total. The third kappa shape index (κ3) is 2.97. The van der Waals surface area contributed by atoms with E-state index >= 15 is 0 Å². The van der Waals surface area contributed by atoms with Gasteiger partial charge in [0.05, 0.1) is 11.5 Å². The smallest absolute Gasteiger partial charge is 0.152 e. The molecular weight excluding hydrogens is 282 g/mol. The molecule has 3 rings (SSSR count). The summed E-state index contributed by atoms with van der Waals surface area (Å²) in [6.45, 7) is 4.12. The van der Waals surface area contributed by atoms with Crippen LogP contribution in [0, 0.1) is 0 Å². The normalized spacial score (nSPS) is 26.0. The van der Waals surface area contributed by atoms with Crippen LogP contribution >= 0.6 is 0 Å². The van der Waals surface area contributed by atoms with Crippen LogP contribution in [0.3, 0.4) is 0 Å². The van der Waals surface area contributed by atoms with E-state index in [2.05, 4.69) is 42.6 Å². The predicted molar refractivity (Wildman–Crippen MR) is 87.2 cm³/mol. The molecule has 2 aromatic carbocycles. The molecule has 2 unspecified atom stereocenters. The summed E-state index contributed by atoms with van der Waals surface area (Å²) in [7, 11) is -2.89. The van der Waals surface area contributed by atoms with Gasteiger partial charge in [0, 0.05) is 11.6 Å². The molecule has 2 atom stereocenters. The summed E-state index contributed by atoms with van der Waals surface area (Å²) in [5.41, 5.74) is 0.897. The number of benzene rings is 2. The third-order valence-corrected chi connectivity index (χ3v) is 6.26. The fraction of sp³-hybridized carbons (Fsp3) is 0.412. The molecule has 0 radical (unpaired) electrons. The minimum atomic E-state index is -2.89. The molecule has 21 heavy (non-hydrogen) atoms. The Kier molecular flexibility index (Phi) is 3.54. The molecule has 1 fully saturated rings. The predicted octanol–water partition coefficient (Wildman–Crippen LogP) is 3.07. The maximum atomic E-state index is 11.7. The first-order chi connectivity index (χ1) is 9.89. The lowest BCUT2D eigenvalue weighted by molar-refractivity contribution is 0.356. The zero-order chi connectivity index (χ0) is 15.1. The summed E-state index contributed by atoms with van der Waals surface area (Å²) in [6, 6.07) is 14.7. The molecule has 2 aromatic rings. The zero-order valence-corrected chi connectivity index (χ0v) is 13.3. The highest BCUT2D eigenvalue weighted by Crippen LogP contribution is 2.29. The molecule has 1 aliphatic heterocycles. The minimum Gasteiger partial charge on any atom is -0.304 e. The van der Waals surface area contributed by atoms with E-state index in [0.29, 0.717) is 12.2 Å². The molecule has 0 amide bonds. The van der Waals surface area contributed by atoms with E-state index in [4.69, 9.17) is 0 Å². The van der Waals surface area contributed by atoms with Crippen LogP contribution in [0.25, 0.3) is 10.8 Å². The van der Waals surface area contributed by atoms with Crippen LogP contribution in [0.4, 0.5) is 0 Å². The highest BCUT2D eigenvalue weighted by Gasteiger charge is 2.39. The quantitative estimate of drug-likeness (QED) is 0.948. The number of sulfone groups is 1. The van der Waals surface area contributed by atoms with Crippen molar-refractivity contribution < 1.29 is 8.42 Å². The van der Waals surface area contributed by atoms with Crippen molar-refractivity contribution in [1.29, 1.82) is 0 Å². The van der Waals surface area contributed by atoms with Crippen molar-refractivity contribution in [1.82, 2.24) is 5.32 Å². The Balaban J connectivity index is 1.90. The number of rotatable bonds is 3. The largest absolute Gasteiger partial charge is 0.304 e. The topological polar surface area (TPSA) is 46.2 Å². The van der Waals surface area contributed by atoms with Crippen molar-refractivity contribution in [3.05, 3.63) is 48.0 Å². The van der Waals surface area contributed by atoms with Crippen LogP contribution < -0.4 is 5.32 Å². The summed E-state index contributed by atoms with van der Waals surface area (Å²) < 4.78 is 23.5. The van der Waals surface area contributed by atoms with Crippen molar-refractivity contribution in [2.24, 2.45) is 0 Å². The van der Waals surface area contributed by atoms with Gasteiger partial charge in [0.15, 0.2) is 9.84 Å². The van der Waals surface area contributed by atoms with Gasteiger partial charge in [-0.25, -0.2) is 8.42 Å².